The van der Waals surface area contributed by atoms with Crippen molar-refractivity contribution >= 4 is 40.4 Å². The van der Waals surface area contributed by atoms with Crippen LogP contribution in [0.1, 0.15) is 36.4 Å². The van der Waals surface area contributed by atoms with Gasteiger partial charge in [0.25, 0.3) is 0 Å². The van der Waals surface area contributed by atoms with Gasteiger partial charge in [-0.1, -0.05) is 54.5 Å². The van der Waals surface area contributed by atoms with Crippen LogP contribution in [0.4, 0.5) is 0 Å². The van der Waals surface area contributed by atoms with E-state index in [1.807, 2.05) is 39.8 Å². The summed E-state index contributed by atoms with van der Waals surface area (Å²) in [6, 6.07) is 5.50. The monoisotopic (exact) mass is 400 g/mol. The van der Waals surface area contributed by atoms with Crippen molar-refractivity contribution in [1.82, 2.24) is 9.88 Å². The number of nitrogens with zero attached hydrogens (tertiary/aromatic N) is 1. The maximum Gasteiger partial charge on any atom is 0.307 e. The van der Waals surface area contributed by atoms with Gasteiger partial charge in [0.1, 0.15) is 0 Å². The summed E-state index contributed by atoms with van der Waals surface area (Å²) >= 11 is 13.3. The Kier molecular flexibility index (Phi) is 6.35. The summed E-state index contributed by atoms with van der Waals surface area (Å²) in [6.07, 6.45) is 0.272. The van der Waals surface area contributed by atoms with Gasteiger partial charge in [0.2, 0.25) is 5.91 Å². The highest BCUT2D eigenvalue weighted by atomic mass is 35.5. The van der Waals surface area contributed by atoms with Crippen LogP contribution in [0.15, 0.2) is 23.0 Å². The van der Waals surface area contributed by atoms with E-state index < -0.39 is 0 Å². The summed E-state index contributed by atoms with van der Waals surface area (Å²) in [7, 11) is 0. The van der Waals surface area contributed by atoms with E-state index in [4.69, 9.17) is 23.2 Å². The molecule has 1 amide bonds. The van der Waals surface area contributed by atoms with E-state index in [1.54, 1.807) is 10.6 Å². The minimum atomic E-state index is -0.282. The van der Waals surface area contributed by atoms with Gasteiger partial charge < -0.3 is 9.88 Å². The number of nitrogens with one attached hydrogen (secondary N) is 1. The number of thiazole rings is 1. The van der Waals surface area contributed by atoms with Crippen molar-refractivity contribution < 1.29 is 4.79 Å². The lowest BCUT2D eigenvalue weighted by atomic mass is 9.84. The van der Waals surface area contributed by atoms with Gasteiger partial charge >= 0.3 is 4.87 Å². The van der Waals surface area contributed by atoms with Crippen LogP contribution in [0.2, 0.25) is 10.0 Å². The second-order valence-electron chi connectivity index (χ2n) is 6.70. The molecule has 1 aromatic carbocycles. The quantitative estimate of drug-likeness (QED) is 0.784. The van der Waals surface area contributed by atoms with Gasteiger partial charge in [0, 0.05) is 35.5 Å². The fourth-order valence-corrected chi connectivity index (χ4v) is 3.64. The van der Waals surface area contributed by atoms with E-state index in [9.17, 15) is 9.59 Å². The number of rotatable bonds is 6. The topological polar surface area (TPSA) is 51.1 Å². The van der Waals surface area contributed by atoms with Gasteiger partial charge in [-0.15, -0.1) is 0 Å². The number of hydrogen-bond donors (Lipinski definition) is 1. The summed E-state index contributed by atoms with van der Waals surface area (Å²) in [5.74, 6) is -0.0803. The number of amides is 1. The number of benzene rings is 1. The smallest absolute Gasteiger partial charge is 0.307 e. The largest absolute Gasteiger partial charge is 0.355 e. The number of aromatic nitrogens is 1. The molecule has 0 aliphatic heterocycles. The van der Waals surface area contributed by atoms with E-state index in [0.717, 1.165) is 16.1 Å². The number of carbonyl (C=O) groups excluding carboxylic acids is 1. The van der Waals surface area contributed by atoms with Gasteiger partial charge in [0.05, 0.1) is 10.0 Å². The zero-order valence-electron chi connectivity index (χ0n) is 14.8. The highest BCUT2D eigenvalue weighted by molar-refractivity contribution is 7.09. The van der Waals surface area contributed by atoms with Crippen LogP contribution >= 0.6 is 34.5 Å². The molecule has 4 nitrogen and oxygen atoms in total. The van der Waals surface area contributed by atoms with Crippen molar-refractivity contribution in [3.05, 3.63) is 54.0 Å². The van der Waals surface area contributed by atoms with E-state index in [-0.39, 0.29) is 22.6 Å². The highest BCUT2D eigenvalue weighted by Gasteiger charge is 2.22. The molecule has 1 N–H and O–H groups in total. The molecule has 1 heterocycles. The SMILES string of the molecule is Cc1sc(=O)n(CCC(=O)NCC(C)(C)c2ccc(Cl)c(Cl)c2)c1C. The lowest BCUT2D eigenvalue weighted by molar-refractivity contribution is -0.121. The van der Waals surface area contributed by atoms with Gasteiger partial charge in [-0.2, -0.15) is 0 Å². The Labute approximate surface area is 161 Å². The number of hydrogen-bond acceptors (Lipinski definition) is 3. The van der Waals surface area contributed by atoms with Crippen LogP contribution in [0.5, 0.6) is 0 Å². The number of halogens is 2. The maximum atomic E-state index is 12.2. The van der Waals surface area contributed by atoms with E-state index in [2.05, 4.69) is 5.32 Å². The van der Waals surface area contributed by atoms with Crippen LogP contribution in [0.3, 0.4) is 0 Å². The predicted octanol–water partition coefficient (Wildman–Crippen LogP) is 4.32. The zero-order valence-corrected chi connectivity index (χ0v) is 17.1. The molecular weight excluding hydrogens is 379 g/mol. The lowest BCUT2D eigenvalue weighted by Gasteiger charge is -2.26. The van der Waals surface area contributed by atoms with Crippen molar-refractivity contribution in [2.24, 2.45) is 0 Å². The molecule has 0 spiro atoms. The number of aryl methyl sites for hydroxylation is 1. The first-order valence-corrected chi connectivity index (χ1v) is 9.58. The lowest BCUT2D eigenvalue weighted by Crippen LogP contribution is -2.37. The molecule has 0 aliphatic rings. The second kappa shape index (κ2) is 7.94. The second-order valence-corrected chi connectivity index (χ2v) is 8.68. The molecular formula is C18H22Cl2N2O2S. The van der Waals surface area contributed by atoms with Crippen LogP contribution in [-0.2, 0) is 16.8 Å². The van der Waals surface area contributed by atoms with Crippen molar-refractivity contribution in [2.75, 3.05) is 6.54 Å². The molecule has 0 bridgehead atoms. The van der Waals surface area contributed by atoms with Gasteiger partial charge in [-0.25, -0.2) is 0 Å². The van der Waals surface area contributed by atoms with Crippen molar-refractivity contribution in [2.45, 2.75) is 46.1 Å². The highest BCUT2D eigenvalue weighted by Crippen LogP contribution is 2.29. The average Bonchev–Trinajstić information content (AvgIpc) is 2.78. The minimum Gasteiger partial charge on any atom is -0.355 e. The Hall–Kier alpha value is -1.30. The standard InChI is InChI=1S/C18H22Cl2N2O2S/c1-11-12(2)25-17(24)22(11)8-7-16(23)21-10-18(3,4)13-5-6-14(19)15(20)9-13/h5-6,9H,7-8,10H2,1-4H3,(H,21,23). The Bertz CT molecular complexity index is 840. The predicted molar refractivity (Wildman–Crippen MR) is 105 cm³/mol. The molecule has 136 valence electrons. The maximum absolute atomic E-state index is 12.2. The molecule has 0 saturated heterocycles. The summed E-state index contributed by atoms with van der Waals surface area (Å²) in [5.41, 5.74) is 1.65. The first-order chi connectivity index (χ1) is 11.6. The summed E-state index contributed by atoms with van der Waals surface area (Å²) in [6.45, 7) is 8.75. The Morgan fingerprint density at radius 2 is 1.92 bits per heavy atom. The molecule has 0 atom stereocenters. The fraction of sp³-hybridized carbons (Fsp3) is 0.444. The normalized spacial score (nSPS) is 11.6. The van der Waals surface area contributed by atoms with E-state index >= 15 is 0 Å². The molecule has 0 saturated carbocycles. The Balaban J connectivity index is 1.94. The van der Waals surface area contributed by atoms with Crippen LogP contribution < -0.4 is 10.2 Å². The fourth-order valence-electron chi connectivity index (χ4n) is 2.49. The summed E-state index contributed by atoms with van der Waals surface area (Å²) < 4.78 is 1.66. The Morgan fingerprint density at radius 1 is 1.24 bits per heavy atom. The van der Waals surface area contributed by atoms with Crippen LogP contribution in [0.25, 0.3) is 0 Å². The minimum absolute atomic E-state index is 0.0149. The number of carbonyl (C=O) groups is 1. The first-order valence-electron chi connectivity index (χ1n) is 8.01. The first kappa shape index (κ1) is 20.0. The molecule has 2 rings (SSSR count). The van der Waals surface area contributed by atoms with Gasteiger partial charge in [-0.05, 0) is 31.5 Å². The third-order valence-corrected chi connectivity index (χ3v) is 6.10. The third-order valence-electron chi connectivity index (χ3n) is 4.37. The summed E-state index contributed by atoms with van der Waals surface area (Å²) in [5, 5.41) is 3.96. The van der Waals surface area contributed by atoms with E-state index in [1.165, 1.54) is 11.3 Å². The molecule has 25 heavy (non-hydrogen) atoms. The average molecular weight is 401 g/mol. The molecule has 0 fully saturated rings. The molecule has 1 aromatic heterocycles. The summed E-state index contributed by atoms with van der Waals surface area (Å²) in [4.78, 5) is 25.0. The molecule has 2 aromatic rings. The Morgan fingerprint density at radius 3 is 2.48 bits per heavy atom. The van der Waals surface area contributed by atoms with Crippen LogP contribution in [-0.4, -0.2) is 17.0 Å². The van der Waals surface area contributed by atoms with Crippen molar-refractivity contribution in [1.29, 1.82) is 0 Å². The van der Waals surface area contributed by atoms with Gasteiger partial charge in [0.15, 0.2) is 0 Å². The molecule has 0 aliphatic carbocycles. The van der Waals surface area contributed by atoms with Crippen LogP contribution in [0, 0.1) is 13.8 Å². The zero-order chi connectivity index (χ0) is 18.8. The van der Waals surface area contributed by atoms with Crippen molar-refractivity contribution in [3.63, 3.8) is 0 Å². The molecule has 0 unspecified atom stereocenters. The third kappa shape index (κ3) is 4.87. The van der Waals surface area contributed by atoms with E-state index in [0.29, 0.717) is 23.1 Å². The van der Waals surface area contributed by atoms with Gasteiger partial charge in [-0.3, -0.25) is 9.59 Å². The van der Waals surface area contributed by atoms with Crippen molar-refractivity contribution in [3.8, 4) is 0 Å². The molecule has 0 radical (unpaired) electrons. The molecule has 7 heteroatoms.